The number of amides is 2. The van der Waals surface area contributed by atoms with E-state index in [0.29, 0.717) is 30.4 Å². The van der Waals surface area contributed by atoms with Gasteiger partial charge in [0.1, 0.15) is 23.9 Å². The first-order valence-corrected chi connectivity index (χ1v) is 7.75. The molecule has 7 nitrogen and oxygen atoms in total. The van der Waals surface area contributed by atoms with E-state index < -0.39 is 0 Å². The number of ether oxygens (including phenoxy) is 3. The van der Waals surface area contributed by atoms with E-state index in [0.717, 1.165) is 11.5 Å². The molecular weight excluding hydrogens is 312 g/mol. The van der Waals surface area contributed by atoms with Crippen LogP contribution < -0.4 is 24.8 Å². The van der Waals surface area contributed by atoms with Gasteiger partial charge in [-0.2, -0.15) is 0 Å². The Bertz CT molecular complexity index is 713. The van der Waals surface area contributed by atoms with Crippen molar-refractivity contribution in [3.05, 3.63) is 41.9 Å². The standard InChI is InChI=1S/C17H20N2O5/c1-11-3-5-14(24-11)12(2)19-17(20)18-7-8-21-13-4-6-15-16(9-13)23-10-22-15/h3-6,9,12H,7-8,10H2,1-2H3,(H2,18,19,20)/t12-/m1/s1. The van der Waals surface area contributed by atoms with Gasteiger partial charge in [-0.05, 0) is 38.1 Å². The fraction of sp³-hybridized carbons (Fsp3) is 0.353. The van der Waals surface area contributed by atoms with Crippen LogP contribution >= 0.6 is 0 Å². The van der Waals surface area contributed by atoms with Crippen LogP contribution in [0.25, 0.3) is 0 Å². The van der Waals surface area contributed by atoms with Crippen molar-refractivity contribution in [2.45, 2.75) is 19.9 Å². The molecule has 24 heavy (non-hydrogen) atoms. The first-order chi connectivity index (χ1) is 11.6. The summed E-state index contributed by atoms with van der Waals surface area (Å²) >= 11 is 0. The van der Waals surface area contributed by atoms with E-state index in [4.69, 9.17) is 18.6 Å². The van der Waals surface area contributed by atoms with Gasteiger partial charge in [0.15, 0.2) is 11.5 Å². The lowest BCUT2D eigenvalue weighted by molar-refractivity contribution is 0.173. The summed E-state index contributed by atoms with van der Waals surface area (Å²) < 4.78 is 21.6. The summed E-state index contributed by atoms with van der Waals surface area (Å²) in [4.78, 5) is 11.8. The van der Waals surface area contributed by atoms with Crippen molar-refractivity contribution in [3.63, 3.8) is 0 Å². The highest BCUT2D eigenvalue weighted by Crippen LogP contribution is 2.34. The molecule has 128 valence electrons. The van der Waals surface area contributed by atoms with Gasteiger partial charge >= 0.3 is 6.03 Å². The zero-order chi connectivity index (χ0) is 16.9. The van der Waals surface area contributed by atoms with Gasteiger partial charge < -0.3 is 29.3 Å². The molecule has 0 spiro atoms. The van der Waals surface area contributed by atoms with E-state index in [1.165, 1.54) is 0 Å². The lowest BCUT2D eigenvalue weighted by Gasteiger charge is -2.13. The van der Waals surface area contributed by atoms with E-state index in [1.54, 1.807) is 18.2 Å². The zero-order valence-electron chi connectivity index (χ0n) is 13.6. The Hall–Kier alpha value is -2.83. The first kappa shape index (κ1) is 16.0. The largest absolute Gasteiger partial charge is 0.492 e. The number of carbonyl (C=O) groups is 1. The number of urea groups is 1. The van der Waals surface area contributed by atoms with Crippen LogP contribution in [0.3, 0.4) is 0 Å². The summed E-state index contributed by atoms with van der Waals surface area (Å²) in [5.41, 5.74) is 0. The van der Waals surface area contributed by atoms with Crippen molar-refractivity contribution >= 4 is 6.03 Å². The van der Waals surface area contributed by atoms with Crippen molar-refractivity contribution in [1.82, 2.24) is 10.6 Å². The highest BCUT2D eigenvalue weighted by molar-refractivity contribution is 5.74. The van der Waals surface area contributed by atoms with Gasteiger partial charge in [-0.25, -0.2) is 4.79 Å². The third-order valence-electron chi connectivity index (χ3n) is 3.54. The summed E-state index contributed by atoms with van der Waals surface area (Å²) in [5, 5.41) is 5.55. The van der Waals surface area contributed by atoms with Gasteiger partial charge in [0.05, 0.1) is 12.6 Å². The van der Waals surface area contributed by atoms with Crippen molar-refractivity contribution in [1.29, 1.82) is 0 Å². The topological polar surface area (TPSA) is 82.0 Å². The molecule has 0 saturated carbocycles. The molecule has 2 amide bonds. The van der Waals surface area contributed by atoms with Crippen LogP contribution in [0.15, 0.2) is 34.7 Å². The third-order valence-corrected chi connectivity index (χ3v) is 3.54. The molecule has 0 fully saturated rings. The molecular formula is C17H20N2O5. The number of hydrogen-bond donors (Lipinski definition) is 2. The van der Waals surface area contributed by atoms with Crippen molar-refractivity contribution in [3.8, 4) is 17.2 Å². The van der Waals surface area contributed by atoms with E-state index in [-0.39, 0.29) is 18.9 Å². The van der Waals surface area contributed by atoms with Gasteiger partial charge in [0, 0.05) is 6.07 Å². The Kier molecular flexibility index (Phi) is 4.79. The van der Waals surface area contributed by atoms with Crippen molar-refractivity contribution < 1.29 is 23.4 Å². The fourth-order valence-electron chi connectivity index (χ4n) is 2.31. The minimum atomic E-state index is -0.272. The summed E-state index contributed by atoms with van der Waals surface area (Å²) in [6, 6.07) is 8.61. The van der Waals surface area contributed by atoms with Gasteiger partial charge in [0.2, 0.25) is 6.79 Å². The van der Waals surface area contributed by atoms with Crippen molar-refractivity contribution in [2.24, 2.45) is 0 Å². The smallest absolute Gasteiger partial charge is 0.315 e. The minimum absolute atomic E-state index is 0.200. The van der Waals surface area contributed by atoms with E-state index >= 15 is 0 Å². The Morgan fingerprint density at radius 2 is 2.08 bits per heavy atom. The van der Waals surface area contributed by atoms with Crippen LogP contribution in [0.4, 0.5) is 4.79 Å². The highest BCUT2D eigenvalue weighted by Gasteiger charge is 2.14. The van der Waals surface area contributed by atoms with Crippen LogP contribution in [-0.2, 0) is 0 Å². The minimum Gasteiger partial charge on any atom is -0.492 e. The lowest BCUT2D eigenvalue weighted by atomic mass is 10.2. The number of hydrogen-bond acceptors (Lipinski definition) is 5. The molecule has 1 aliphatic heterocycles. The molecule has 0 bridgehead atoms. The Labute approximate surface area is 139 Å². The predicted octanol–water partition coefficient (Wildman–Crippen LogP) is 2.76. The van der Waals surface area contributed by atoms with Crippen LogP contribution in [0.2, 0.25) is 0 Å². The average Bonchev–Trinajstić information content (AvgIpc) is 3.19. The van der Waals surface area contributed by atoms with Crippen LogP contribution in [0.1, 0.15) is 24.5 Å². The molecule has 1 aromatic carbocycles. The molecule has 2 N–H and O–H groups in total. The maximum absolute atomic E-state index is 11.8. The maximum atomic E-state index is 11.8. The first-order valence-electron chi connectivity index (χ1n) is 7.75. The summed E-state index contributed by atoms with van der Waals surface area (Å²) in [6.45, 7) is 4.68. The third kappa shape index (κ3) is 3.92. The number of fused-ring (bicyclic) bond motifs is 1. The molecule has 1 aliphatic rings. The Morgan fingerprint density at radius 1 is 1.25 bits per heavy atom. The molecule has 0 aliphatic carbocycles. The molecule has 0 unspecified atom stereocenters. The van der Waals surface area contributed by atoms with Crippen LogP contribution in [0.5, 0.6) is 17.2 Å². The van der Waals surface area contributed by atoms with E-state index in [9.17, 15) is 4.79 Å². The molecule has 7 heteroatoms. The summed E-state index contributed by atoms with van der Waals surface area (Å²) in [7, 11) is 0. The van der Waals surface area contributed by atoms with Gasteiger partial charge in [-0.3, -0.25) is 0 Å². The second kappa shape index (κ2) is 7.16. The lowest BCUT2D eigenvalue weighted by Crippen LogP contribution is -2.38. The van der Waals surface area contributed by atoms with Gasteiger partial charge in [0.25, 0.3) is 0 Å². The van der Waals surface area contributed by atoms with E-state index in [2.05, 4.69) is 10.6 Å². The van der Waals surface area contributed by atoms with E-state index in [1.807, 2.05) is 26.0 Å². The molecule has 0 radical (unpaired) electrons. The number of nitrogens with one attached hydrogen (secondary N) is 2. The maximum Gasteiger partial charge on any atom is 0.315 e. The predicted molar refractivity (Wildman–Crippen MR) is 86.5 cm³/mol. The molecule has 2 heterocycles. The highest BCUT2D eigenvalue weighted by atomic mass is 16.7. The normalized spacial score (nSPS) is 13.4. The summed E-state index contributed by atoms with van der Waals surface area (Å²) in [6.07, 6.45) is 0. The summed E-state index contributed by atoms with van der Waals surface area (Å²) in [5.74, 6) is 3.58. The Balaban J connectivity index is 1.37. The number of furan rings is 1. The fourth-order valence-corrected chi connectivity index (χ4v) is 2.31. The van der Waals surface area contributed by atoms with Gasteiger partial charge in [-0.15, -0.1) is 0 Å². The molecule has 1 aromatic heterocycles. The monoisotopic (exact) mass is 332 g/mol. The molecule has 1 atom stereocenters. The molecule has 2 aromatic rings. The quantitative estimate of drug-likeness (QED) is 0.795. The Morgan fingerprint density at radius 3 is 2.88 bits per heavy atom. The SMILES string of the molecule is Cc1ccc([C@@H](C)NC(=O)NCCOc2ccc3c(c2)OCO3)o1. The second-order valence-corrected chi connectivity index (χ2v) is 5.43. The molecule has 0 saturated heterocycles. The average molecular weight is 332 g/mol. The van der Waals surface area contributed by atoms with Crippen molar-refractivity contribution in [2.75, 3.05) is 19.9 Å². The zero-order valence-corrected chi connectivity index (χ0v) is 13.6. The number of carbonyl (C=O) groups excluding carboxylic acids is 1. The second-order valence-electron chi connectivity index (χ2n) is 5.43. The molecule has 3 rings (SSSR count). The number of rotatable bonds is 6. The van der Waals surface area contributed by atoms with Gasteiger partial charge in [-0.1, -0.05) is 0 Å². The van der Waals surface area contributed by atoms with Crippen LogP contribution in [0, 0.1) is 6.92 Å². The van der Waals surface area contributed by atoms with Crippen LogP contribution in [-0.4, -0.2) is 26.0 Å². The number of aryl methyl sites for hydroxylation is 1. The number of benzene rings is 1.